The van der Waals surface area contributed by atoms with Gasteiger partial charge in [-0.15, -0.1) is 0 Å². The minimum Gasteiger partial charge on any atom is -0.497 e. The molecule has 2 rings (SSSR count). The Morgan fingerprint density at radius 1 is 0.957 bits per heavy atom. The third-order valence-electron chi connectivity index (χ3n) is 3.03. The van der Waals surface area contributed by atoms with Gasteiger partial charge in [-0.05, 0) is 30.3 Å². The smallest absolute Gasteiger partial charge is 0.273 e. The lowest BCUT2D eigenvalue weighted by Crippen LogP contribution is -2.41. The van der Waals surface area contributed by atoms with E-state index in [2.05, 4.69) is 10.9 Å². The molecule has 0 saturated carbocycles. The molecule has 0 radical (unpaired) electrons. The van der Waals surface area contributed by atoms with Crippen LogP contribution in [-0.4, -0.2) is 26.0 Å². The first kappa shape index (κ1) is 16.6. The molecule has 0 heterocycles. The fourth-order valence-corrected chi connectivity index (χ4v) is 2.06. The van der Waals surface area contributed by atoms with Crippen LogP contribution in [0.4, 0.5) is 0 Å². The molecule has 0 atom stereocenters. The number of carbonyl (C=O) groups is 2. The van der Waals surface area contributed by atoms with Crippen LogP contribution in [0.3, 0.4) is 0 Å². The van der Waals surface area contributed by atoms with E-state index < -0.39 is 11.8 Å². The molecule has 0 aliphatic carbocycles. The molecule has 2 aromatic rings. The average molecular weight is 335 g/mol. The number of benzene rings is 2. The highest BCUT2D eigenvalue weighted by Crippen LogP contribution is 2.24. The second-order valence-electron chi connectivity index (χ2n) is 4.48. The molecule has 0 saturated heterocycles. The minimum absolute atomic E-state index is 0.264. The number of hydrazine groups is 1. The molecule has 0 bridgehead atoms. The Morgan fingerprint density at radius 2 is 1.70 bits per heavy atom. The van der Waals surface area contributed by atoms with Gasteiger partial charge < -0.3 is 9.47 Å². The second kappa shape index (κ2) is 7.51. The minimum atomic E-state index is -0.514. The number of ether oxygens (including phenoxy) is 2. The van der Waals surface area contributed by atoms with Gasteiger partial charge in [-0.3, -0.25) is 20.4 Å². The summed E-state index contributed by atoms with van der Waals surface area (Å²) in [6.45, 7) is 0. The third kappa shape index (κ3) is 4.14. The normalized spacial score (nSPS) is 9.87. The van der Waals surface area contributed by atoms with E-state index in [0.717, 1.165) is 0 Å². The number of hydrogen-bond acceptors (Lipinski definition) is 4. The number of hydrogen-bond donors (Lipinski definition) is 2. The fourth-order valence-electron chi connectivity index (χ4n) is 1.87. The molecule has 0 spiro atoms. The number of methoxy groups -OCH3 is 2. The van der Waals surface area contributed by atoms with Crippen molar-refractivity contribution in [3.63, 3.8) is 0 Å². The molecule has 120 valence electrons. The van der Waals surface area contributed by atoms with E-state index in [4.69, 9.17) is 21.1 Å². The number of amides is 2. The van der Waals surface area contributed by atoms with Gasteiger partial charge >= 0.3 is 0 Å². The van der Waals surface area contributed by atoms with Gasteiger partial charge in [0.05, 0.1) is 19.8 Å². The summed E-state index contributed by atoms with van der Waals surface area (Å²) in [6.07, 6.45) is 0. The van der Waals surface area contributed by atoms with Crippen LogP contribution in [0, 0.1) is 0 Å². The quantitative estimate of drug-likeness (QED) is 0.842. The zero-order chi connectivity index (χ0) is 16.8. The molecule has 2 aromatic carbocycles. The maximum Gasteiger partial charge on any atom is 0.273 e. The average Bonchev–Trinajstić information content (AvgIpc) is 2.58. The van der Waals surface area contributed by atoms with Crippen molar-refractivity contribution >= 4 is 23.4 Å². The first-order valence-corrected chi connectivity index (χ1v) is 7.01. The SMILES string of the molecule is COc1ccc(C(=O)NNC(=O)c2cccc(Cl)c2)c(OC)c1. The molecule has 2 N–H and O–H groups in total. The van der Waals surface area contributed by atoms with Crippen LogP contribution in [0.2, 0.25) is 5.02 Å². The Kier molecular flexibility index (Phi) is 5.43. The Bertz CT molecular complexity index is 734. The van der Waals surface area contributed by atoms with Gasteiger partial charge in [0, 0.05) is 16.7 Å². The van der Waals surface area contributed by atoms with Crippen LogP contribution in [-0.2, 0) is 0 Å². The molecule has 0 aliphatic rings. The lowest BCUT2D eigenvalue weighted by molar-refractivity contribution is 0.0845. The van der Waals surface area contributed by atoms with E-state index in [1.54, 1.807) is 36.4 Å². The van der Waals surface area contributed by atoms with Crippen LogP contribution < -0.4 is 20.3 Å². The van der Waals surface area contributed by atoms with Gasteiger partial charge in [-0.1, -0.05) is 17.7 Å². The summed E-state index contributed by atoms with van der Waals surface area (Å²) in [7, 11) is 2.95. The molecular weight excluding hydrogens is 320 g/mol. The summed E-state index contributed by atoms with van der Waals surface area (Å²) < 4.78 is 10.2. The maximum atomic E-state index is 12.2. The van der Waals surface area contributed by atoms with Gasteiger partial charge in [-0.25, -0.2) is 0 Å². The van der Waals surface area contributed by atoms with Crippen molar-refractivity contribution in [2.45, 2.75) is 0 Å². The molecule has 6 nitrogen and oxygen atoms in total. The number of nitrogens with one attached hydrogen (secondary N) is 2. The van der Waals surface area contributed by atoms with Crippen molar-refractivity contribution in [3.8, 4) is 11.5 Å². The summed E-state index contributed by atoms with van der Waals surface area (Å²) in [4.78, 5) is 24.1. The number of halogens is 1. The number of carbonyl (C=O) groups excluding carboxylic acids is 2. The van der Waals surface area contributed by atoms with Gasteiger partial charge in [0.15, 0.2) is 0 Å². The maximum absolute atomic E-state index is 12.2. The predicted octanol–water partition coefficient (Wildman–Crippen LogP) is 2.43. The van der Waals surface area contributed by atoms with Crippen molar-refractivity contribution in [1.82, 2.24) is 10.9 Å². The summed E-state index contributed by atoms with van der Waals surface area (Å²) in [5, 5.41) is 0.431. The zero-order valence-electron chi connectivity index (χ0n) is 12.6. The van der Waals surface area contributed by atoms with Crippen LogP contribution in [0.25, 0.3) is 0 Å². The first-order valence-electron chi connectivity index (χ1n) is 6.63. The molecule has 0 aromatic heterocycles. The van der Waals surface area contributed by atoms with Crippen LogP contribution in [0.5, 0.6) is 11.5 Å². The van der Waals surface area contributed by atoms with E-state index in [-0.39, 0.29) is 5.56 Å². The van der Waals surface area contributed by atoms with Crippen molar-refractivity contribution in [3.05, 3.63) is 58.6 Å². The van der Waals surface area contributed by atoms with Crippen molar-refractivity contribution in [2.75, 3.05) is 14.2 Å². The lowest BCUT2D eigenvalue weighted by atomic mass is 10.2. The Morgan fingerprint density at radius 3 is 2.35 bits per heavy atom. The fraction of sp³-hybridized carbons (Fsp3) is 0.125. The van der Waals surface area contributed by atoms with Crippen LogP contribution >= 0.6 is 11.6 Å². The highest BCUT2D eigenvalue weighted by Gasteiger charge is 2.14. The van der Waals surface area contributed by atoms with Crippen molar-refractivity contribution in [1.29, 1.82) is 0 Å². The molecule has 23 heavy (non-hydrogen) atoms. The molecule has 0 aliphatic heterocycles. The number of rotatable bonds is 4. The summed E-state index contributed by atoms with van der Waals surface area (Å²) in [6, 6.07) is 11.1. The van der Waals surface area contributed by atoms with E-state index in [1.165, 1.54) is 20.3 Å². The Labute approximate surface area is 138 Å². The molecule has 0 unspecified atom stereocenters. The highest BCUT2D eigenvalue weighted by atomic mass is 35.5. The summed E-state index contributed by atoms with van der Waals surface area (Å²) >= 11 is 5.82. The van der Waals surface area contributed by atoms with E-state index in [9.17, 15) is 9.59 Å². The molecule has 2 amide bonds. The molecule has 7 heteroatoms. The monoisotopic (exact) mass is 334 g/mol. The zero-order valence-corrected chi connectivity index (χ0v) is 13.3. The Hall–Kier alpha value is -2.73. The summed E-state index contributed by atoms with van der Waals surface area (Å²) in [5.41, 5.74) is 5.24. The first-order chi connectivity index (χ1) is 11.0. The topological polar surface area (TPSA) is 76.7 Å². The van der Waals surface area contributed by atoms with Gasteiger partial charge in [0.2, 0.25) is 0 Å². The van der Waals surface area contributed by atoms with Crippen molar-refractivity contribution < 1.29 is 19.1 Å². The second-order valence-corrected chi connectivity index (χ2v) is 4.92. The molecule has 0 fully saturated rings. The third-order valence-corrected chi connectivity index (χ3v) is 3.26. The predicted molar refractivity (Wildman–Crippen MR) is 85.9 cm³/mol. The van der Waals surface area contributed by atoms with Gasteiger partial charge in [0.25, 0.3) is 11.8 Å². The lowest BCUT2D eigenvalue weighted by Gasteiger charge is -2.11. The van der Waals surface area contributed by atoms with E-state index in [0.29, 0.717) is 22.1 Å². The van der Waals surface area contributed by atoms with Crippen LogP contribution in [0.15, 0.2) is 42.5 Å². The Balaban J connectivity index is 2.06. The van der Waals surface area contributed by atoms with Crippen molar-refractivity contribution in [2.24, 2.45) is 0 Å². The van der Waals surface area contributed by atoms with E-state index in [1.807, 2.05) is 0 Å². The van der Waals surface area contributed by atoms with Gasteiger partial charge in [-0.2, -0.15) is 0 Å². The largest absolute Gasteiger partial charge is 0.497 e. The van der Waals surface area contributed by atoms with E-state index >= 15 is 0 Å². The van der Waals surface area contributed by atoms with Gasteiger partial charge in [0.1, 0.15) is 11.5 Å². The highest BCUT2D eigenvalue weighted by molar-refractivity contribution is 6.30. The standard InChI is InChI=1S/C16H15ClN2O4/c1-22-12-6-7-13(14(9-12)23-2)16(21)19-18-15(20)10-4-3-5-11(17)8-10/h3-9H,1-2H3,(H,18,20)(H,19,21). The summed E-state index contributed by atoms with van der Waals surface area (Å²) in [5.74, 6) is -0.103. The van der Waals surface area contributed by atoms with Crippen LogP contribution in [0.1, 0.15) is 20.7 Å². The molecular formula is C16H15ClN2O4.